The Bertz CT molecular complexity index is 364. The number of hydrazine groups is 1. The smallest absolute Gasteiger partial charge is 0.127 e. The Balaban J connectivity index is 2.13. The largest absolute Gasteiger partial charge is 0.399 e. The lowest BCUT2D eigenvalue weighted by Crippen LogP contribution is -2.47. The summed E-state index contributed by atoms with van der Waals surface area (Å²) in [5.74, 6) is -0.301. The van der Waals surface area contributed by atoms with Gasteiger partial charge < -0.3 is 11.2 Å². The second-order valence-corrected chi connectivity index (χ2v) is 4.92. The Morgan fingerprint density at radius 2 is 1.88 bits per heavy atom. The highest BCUT2D eigenvalue weighted by Gasteiger charge is 2.24. The Labute approximate surface area is 102 Å². The standard InChI is InChI=1S/C13H20FN3/c1-9-4-3-5-10(2)17(9)16-13-7-11(14)6-12(15)8-13/h6-10,16H,3-5,15H2,1-2H3. The van der Waals surface area contributed by atoms with Crippen LogP contribution in [0.5, 0.6) is 0 Å². The molecule has 0 aliphatic carbocycles. The minimum absolute atomic E-state index is 0.301. The van der Waals surface area contributed by atoms with Crippen LogP contribution in [0.1, 0.15) is 33.1 Å². The molecule has 1 aromatic rings. The van der Waals surface area contributed by atoms with Crippen LogP contribution in [-0.4, -0.2) is 17.1 Å². The molecule has 0 amide bonds. The number of rotatable bonds is 2. The van der Waals surface area contributed by atoms with Gasteiger partial charge in [-0.15, -0.1) is 0 Å². The van der Waals surface area contributed by atoms with Gasteiger partial charge in [-0.25, -0.2) is 9.40 Å². The number of hydrogen-bond acceptors (Lipinski definition) is 3. The van der Waals surface area contributed by atoms with E-state index in [1.54, 1.807) is 6.07 Å². The molecule has 0 saturated carbocycles. The van der Waals surface area contributed by atoms with E-state index in [2.05, 4.69) is 24.3 Å². The summed E-state index contributed by atoms with van der Waals surface area (Å²) < 4.78 is 13.2. The van der Waals surface area contributed by atoms with E-state index in [0.29, 0.717) is 17.8 Å². The van der Waals surface area contributed by atoms with E-state index < -0.39 is 0 Å². The number of piperidine rings is 1. The molecule has 1 fully saturated rings. The first-order valence-electron chi connectivity index (χ1n) is 6.17. The molecule has 94 valence electrons. The van der Waals surface area contributed by atoms with Crippen molar-refractivity contribution in [1.29, 1.82) is 0 Å². The van der Waals surface area contributed by atoms with Crippen LogP contribution >= 0.6 is 0 Å². The third-order valence-corrected chi connectivity index (χ3v) is 3.37. The van der Waals surface area contributed by atoms with E-state index >= 15 is 0 Å². The molecule has 4 heteroatoms. The normalized spacial score (nSPS) is 25.8. The Kier molecular flexibility index (Phi) is 3.52. The summed E-state index contributed by atoms with van der Waals surface area (Å²) >= 11 is 0. The van der Waals surface area contributed by atoms with Gasteiger partial charge in [0.25, 0.3) is 0 Å². The fraction of sp³-hybridized carbons (Fsp3) is 0.538. The highest BCUT2D eigenvalue weighted by Crippen LogP contribution is 2.24. The Morgan fingerprint density at radius 3 is 2.47 bits per heavy atom. The predicted octanol–water partition coefficient (Wildman–Crippen LogP) is 3.00. The van der Waals surface area contributed by atoms with Crippen LogP contribution in [0.2, 0.25) is 0 Å². The summed E-state index contributed by atoms with van der Waals surface area (Å²) in [5, 5.41) is 2.19. The van der Waals surface area contributed by atoms with E-state index in [1.807, 2.05) is 0 Å². The fourth-order valence-corrected chi connectivity index (χ4v) is 2.47. The van der Waals surface area contributed by atoms with Gasteiger partial charge in [-0.05, 0) is 44.9 Å². The molecular weight excluding hydrogens is 217 g/mol. The van der Waals surface area contributed by atoms with Crippen LogP contribution in [0.4, 0.5) is 15.8 Å². The maximum absolute atomic E-state index is 13.2. The molecule has 0 aromatic heterocycles. The number of halogens is 1. The molecule has 1 aliphatic heterocycles. The second-order valence-electron chi connectivity index (χ2n) is 4.92. The zero-order chi connectivity index (χ0) is 12.4. The summed E-state index contributed by atoms with van der Waals surface area (Å²) in [7, 11) is 0. The van der Waals surface area contributed by atoms with Crippen LogP contribution in [0, 0.1) is 5.82 Å². The quantitative estimate of drug-likeness (QED) is 0.777. The molecule has 3 N–H and O–H groups in total. The van der Waals surface area contributed by atoms with Crippen molar-refractivity contribution in [3.63, 3.8) is 0 Å². The van der Waals surface area contributed by atoms with Gasteiger partial charge in [-0.2, -0.15) is 0 Å². The van der Waals surface area contributed by atoms with Crippen molar-refractivity contribution in [2.75, 3.05) is 11.2 Å². The lowest BCUT2D eigenvalue weighted by molar-refractivity contribution is 0.135. The van der Waals surface area contributed by atoms with Crippen LogP contribution in [0.25, 0.3) is 0 Å². The van der Waals surface area contributed by atoms with Gasteiger partial charge >= 0.3 is 0 Å². The summed E-state index contributed by atoms with van der Waals surface area (Å²) in [4.78, 5) is 0. The lowest BCUT2D eigenvalue weighted by Gasteiger charge is -2.39. The third kappa shape index (κ3) is 2.88. The minimum Gasteiger partial charge on any atom is -0.399 e. The first-order chi connectivity index (χ1) is 8.06. The monoisotopic (exact) mass is 237 g/mol. The summed E-state index contributed by atoms with van der Waals surface area (Å²) in [6.07, 6.45) is 3.59. The summed E-state index contributed by atoms with van der Waals surface area (Å²) in [5.41, 5.74) is 10.1. The molecule has 17 heavy (non-hydrogen) atoms. The molecule has 2 unspecified atom stereocenters. The summed E-state index contributed by atoms with van der Waals surface area (Å²) in [6, 6.07) is 5.49. The van der Waals surface area contributed by atoms with Gasteiger partial charge in [0.2, 0.25) is 0 Å². The lowest BCUT2D eigenvalue weighted by atomic mass is 10.00. The van der Waals surface area contributed by atoms with E-state index in [1.165, 1.54) is 31.4 Å². The molecule has 1 heterocycles. The molecule has 0 bridgehead atoms. The Hall–Kier alpha value is -1.29. The van der Waals surface area contributed by atoms with Crippen LogP contribution in [-0.2, 0) is 0 Å². The van der Waals surface area contributed by atoms with Crippen LogP contribution in [0.3, 0.4) is 0 Å². The van der Waals surface area contributed by atoms with E-state index in [4.69, 9.17) is 5.73 Å². The molecule has 1 aromatic carbocycles. The number of nitrogens with two attached hydrogens (primary N) is 1. The predicted molar refractivity (Wildman–Crippen MR) is 69.0 cm³/mol. The van der Waals surface area contributed by atoms with Gasteiger partial charge in [0, 0.05) is 17.8 Å². The maximum Gasteiger partial charge on any atom is 0.127 e. The molecule has 1 aliphatic rings. The molecular formula is C13H20FN3. The maximum atomic E-state index is 13.2. The van der Waals surface area contributed by atoms with E-state index in [9.17, 15) is 4.39 Å². The number of hydrogen-bond donors (Lipinski definition) is 2. The van der Waals surface area contributed by atoms with Crippen molar-refractivity contribution in [2.45, 2.75) is 45.2 Å². The SMILES string of the molecule is CC1CCCC(C)N1Nc1cc(N)cc(F)c1. The highest BCUT2D eigenvalue weighted by atomic mass is 19.1. The van der Waals surface area contributed by atoms with E-state index in [0.717, 1.165) is 5.69 Å². The van der Waals surface area contributed by atoms with Gasteiger partial charge in [0.15, 0.2) is 0 Å². The molecule has 1 saturated heterocycles. The van der Waals surface area contributed by atoms with E-state index in [-0.39, 0.29) is 5.82 Å². The average molecular weight is 237 g/mol. The number of nitrogens with zero attached hydrogens (tertiary/aromatic N) is 1. The first kappa shape index (κ1) is 12.2. The fourth-order valence-electron chi connectivity index (χ4n) is 2.47. The van der Waals surface area contributed by atoms with Crippen molar-refractivity contribution in [1.82, 2.24) is 5.01 Å². The van der Waals surface area contributed by atoms with Crippen molar-refractivity contribution in [3.8, 4) is 0 Å². The van der Waals surface area contributed by atoms with Crippen LogP contribution < -0.4 is 11.2 Å². The average Bonchev–Trinajstić information content (AvgIpc) is 2.22. The molecule has 2 atom stereocenters. The number of benzene rings is 1. The minimum atomic E-state index is -0.301. The van der Waals surface area contributed by atoms with Crippen molar-refractivity contribution >= 4 is 11.4 Å². The topological polar surface area (TPSA) is 41.3 Å². The summed E-state index contributed by atoms with van der Waals surface area (Å²) in [6.45, 7) is 4.37. The molecule has 3 nitrogen and oxygen atoms in total. The Morgan fingerprint density at radius 1 is 1.24 bits per heavy atom. The van der Waals surface area contributed by atoms with Gasteiger partial charge in [-0.1, -0.05) is 6.42 Å². The van der Waals surface area contributed by atoms with Crippen LogP contribution in [0.15, 0.2) is 18.2 Å². The molecule has 2 rings (SSSR count). The highest BCUT2D eigenvalue weighted by molar-refractivity contribution is 5.54. The van der Waals surface area contributed by atoms with Gasteiger partial charge in [0.1, 0.15) is 5.82 Å². The number of anilines is 2. The zero-order valence-electron chi connectivity index (χ0n) is 10.4. The number of nitrogens with one attached hydrogen (secondary N) is 1. The third-order valence-electron chi connectivity index (χ3n) is 3.37. The van der Waals surface area contributed by atoms with Crippen molar-refractivity contribution in [2.24, 2.45) is 0 Å². The van der Waals surface area contributed by atoms with Crippen molar-refractivity contribution in [3.05, 3.63) is 24.0 Å². The van der Waals surface area contributed by atoms with Gasteiger partial charge in [-0.3, -0.25) is 0 Å². The number of nitrogen functional groups attached to an aromatic ring is 1. The first-order valence-corrected chi connectivity index (χ1v) is 6.17. The zero-order valence-corrected chi connectivity index (χ0v) is 10.4. The molecule has 0 spiro atoms. The van der Waals surface area contributed by atoms with Crippen molar-refractivity contribution < 1.29 is 4.39 Å². The van der Waals surface area contributed by atoms with Gasteiger partial charge in [0.05, 0.1) is 5.69 Å². The molecule has 0 radical (unpaired) electrons. The second kappa shape index (κ2) is 4.92.